The summed E-state index contributed by atoms with van der Waals surface area (Å²) >= 11 is 0. The summed E-state index contributed by atoms with van der Waals surface area (Å²) < 4.78 is 15.5. The maximum atomic E-state index is 11.5. The topological polar surface area (TPSA) is 48.0 Å². The molecule has 1 aromatic carbocycles. The van der Waals surface area contributed by atoms with Crippen LogP contribution in [0.5, 0.6) is 11.5 Å². The first kappa shape index (κ1) is 13.7. The molecule has 0 amide bonds. The zero-order valence-electron chi connectivity index (χ0n) is 11.7. The molecule has 1 heterocycles. The summed E-state index contributed by atoms with van der Waals surface area (Å²) in [5.74, 6) is 1.27. The van der Waals surface area contributed by atoms with E-state index in [2.05, 4.69) is 0 Å². The minimum atomic E-state index is -0.226. The van der Waals surface area contributed by atoms with Crippen molar-refractivity contribution in [2.45, 2.75) is 19.4 Å². The number of ether oxygens (including phenoxy) is 3. The van der Waals surface area contributed by atoms with Crippen LogP contribution in [0.25, 0.3) is 0 Å². The van der Waals surface area contributed by atoms with E-state index >= 15 is 0 Å². The second kappa shape index (κ2) is 5.48. The fraction of sp³-hybridized carbons (Fsp3) is 0.500. The Labute approximate surface area is 113 Å². The molecule has 0 saturated carbocycles. The molecule has 1 atom stereocenters. The summed E-state index contributed by atoms with van der Waals surface area (Å²) in [6, 6.07) is 3.86. The van der Waals surface area contributed by atoms with Crippen LogP contribution in [0.3, 0.4) is 0 Å². The Kier molecular flexibility index (Phi) is 3.95. The van der Waals surface area contributed by atoms with Crippen molar-refractivity contribution in [3.05, 3.63) is 23.3 Å². The number of carbonyl (C=O) groups is 1. The van der Waals surface area contributed by atoms with Crippen LogP contribution in [0.1, 0.15) is 23.6 Å². The van der Waals surface area contributed by atoms with Gasteiger partial charge >= 0.3 is 5.97 Å². The number of carbonyl (C=O) groups excluding carboxylic acids is 1. The quantitative estimate of drug-likeness (QED) is 0.778. The summed E-state index contributed by atoms with van der Waals surface area (Å²) in [7, 11) is 5.29. The average molecular weight is 265 g/mol. The first-order valence-corrected chi connectivity index (χ1v) is 6.16. The van der Waals surface area contributed by atoms with Crippen LogP contribution in [-0.2, 0) is 9.53 Å². The number of esters is 1. The zero-order chi connectivity index (χ0) is 14.0. The molecule has 1 aliphatic heterocycles. The highest BCUT2D eigenvalue weighted by Gasteiger charge is 2.24. The molecule has 1 aliphatic rings. The number of benzene rings is 1. The van der Waals surface area contributed by atoms with Gasteiger partial charge in [0.2, 0.25) is 6.79 Å². The highest BCUT2D eigenvalue weighted by molar-refractivity contribution is 5.70. The largest absolute Gasteiger partial charge is 0.469 e. The number of hydrogen-bond acceptors (Lipinski definition) is 5. The molecule has 0 saturated heterocycles. The number of fused-ring (bicyclic) bond motifs is 1. The highest BCUT2D eigenvalue weighted by Crippen LogP contribution is 2.38. The number of rotatable bonds is 4. The summed E-state index contributed by atoms with van der Waals surface area (Å²) in [6.45, 7) is 2.26. The van der Waals surface area contributed by atoms with E-state index in [0.29, 0.717) is 6.42 Å². The van der Waals surface area contributed by atoms with Gasteiger partial charge in [0.15, 0.2) is 11.5 Å². The van der Waals surface area contributed by atoms with Crippen molar-refractivity contribution >= 4 is 5.97 Å². The van der Waals surface area contributed by atoms with Gasteiger partial charge in [-0.1, -0.05) is 0 Å². The van der Waals surface area contributed by atoms with Gasteiger partial charge in [0.25, 0.3) is 0 Å². The van der Waals surface area contributed by atoms with E-state index in [1.807, 2.05) is 38.1 Å². The predicted molar refractivity (Wildman–Crippen MR) is 70.4 cm³/mol. The first-order valence-electron chi connectivity index (χ1n) is 6.16. The molecular formula is C14H19NO4. The lowest BCUT2D eigenvalue weighted by atomic mass is 9.97. The summed E-state index contributed by atoms with van der Waals surface area (Å²) in [6.07, 6.45) is 0.310. The first-order chi connectivity index (χ1) is 9.02. The van der Waals surface area contributed by atoms with E-state index in [1.165, 1.54) is 7.11 Å². The van der Waals surface area contributed by atoms with Gasteiger partial charge in [-0.05, 0) is 44.3 Å². The van der Waals surface area contributed by atoms with Gasteiger partial charge in [-0.3, -0.25) is 4.79 Å². The lowest BCUT2D eigenvalue weighted by molar-refractivity contribution is -0.141. The fourth-order valence-electron chi connectivity index (χ4n) is 2.23. The molecule has 0 radical (unpaired) electrons. The standard InChI is InChI=1S/C14H19NO4/c1-9-5-12-13(19-8-18-12)6-10(9)11(15(2)3)7-14(16)17-4/h5-6,11H,7-8H2,1-4H3. The lowest BCUT2D eigenvalue weighted by Gasteiger charge is -2.25. The Bertz CT molecular complexity index is 485. The lowest BCUT2D eigenvalue weighted by Crippen LogP contribution is -2.24. The molecule has 0 aliphatic carbocycles. The van der Waals surface area contributed by atoms with Crippen molar-refractivity contribution in [2.24, 2.45) is 0 Å². The smallest absolute Gasteiger partial charge is 0.307 e. The Hall–Kier alpha value is -1.75. The van der Waals surface area contributed by atoms with Crippen molar-refractivity contribution in [2.75, 3.05) is 28.0 Å². The Morgan fingerprint density at radius 1 is 1.37 bits per heavy atom. The molecule has 5 heteroatoms. The van der Waals surface area contributed by atoms with Gasteiger partial charge in [-0.15, -0.1) is 0 Å². The van der Waals surface area contributed by atoms with Crippen LogP contribution in [-0.4, -0.2) is 38.9 Å². The van der Waals surface area contributed by atoms with E-state index in [4.69, 9.17) is 14.2 Å². The molecule has 0 N–H and O–H groups in total. The average Bonchev–Trinajstić information content (AvgIpc) is 2.81. The number of hydrogen-bond donors (Lipinski definition) is 0. The van der Waals surface area contributed by atoms with Gasteiger partial charge < -0.3 is 19.1 Å². The molecule has 0 fully saturated rings. The van der Waals surface area contributed by atoms with Gasteiger partial charge in [0.05, 0.1) is 13.5 Å². The molecule has 0 bridgehead atoms. The molecular weight excluding hydrogens is 246 g/mol. The van der Waals surface area contributed by atoms with Gasteiger partial charge in [-0.2, -0.15) is 0 Å². The third-order valence-electron chi connectivity index (χ3n) is 3.33. The maximum absolute atomic E-state index is 11.5. The maximum Gasteiger partial charge on any atom is 0.307 e. The molecule has 5 nitrogen and oxygen atoms in total. The fourth-order valence-corrected chi connectivity index (χ4v) is 2.23. The summed E-state index contributed by atoms with van der Waals surface area (Å²) in [5, 5.41) is 0. The second-order valence-electron chi connectivity index (χ2n) is 4.82. The minimum absolute atomic E-state index is 0.0399. The minimum Gasteiger partial charge on any atom is -0.469 e. The Morgan fingerprint density at radius 3 is 2.58 bits per heavy atom. The molecule has 1 unspecified atom stereocenters. The van der Waals surface area contributed by atoms with Gasteiger partial charge in [0.1, 0.15) is 0 Å². The SMILES string of the molecule is COC(=O)CC(c1cc2c(cc1C)OCO2)N(C)C. The van der Waals surface area contributed by atoms with Crippen molar-refractivity contribution in [1.82, 2.24) is 4.90 Å². The zero-order valence-corrected chi connectivity index (χ0v) is 11.7. The monoisotopic (exact) mass is 265 g/mol. The van der Waals surface area contributed by atoms with Crippen LogP contribution in [0.4, 0.5) is 0 Å². The van der Waals surface area contributed by atoms with Gasteiger partial charge in [0, 0.05) is 6.04 Å². The van der Waals surface area contributed by atoms with Crippen molar-refractivity contribution < 1.29 is 19.0 Å². The van der Waals surface area contributed by atoms with Crippen molar-refractivity contribution in [3.63, 3.8) is 0 Å². The highest BCUT2D eigenvalue weighted by atomic mass is 16.7. The van der Waals surface area contributed by atoms with E-state index in [0.717, 1.165) is 22.6 Å². The van der Waals surface area contributed by atoms with Crippen LogP contribution < -0.4 is 9.47 Å². The Morgan fingerprint density at radius 2 is 2.00 bits per heavy atom. The number of aryl methyl sites for hydroxylation is 1. The normalized spacial score (nSPS) is 14.6. The second-order valence-corrected chi connectivity index (χ2v) is 4.82. The predicted octanol–water partition coefficient (Wildman–Crippen LogP) is 1.89. The van der Waals surface area contributed by atoms with Crippen LogP contribution in [0.2, 0.25) is 0 Å². The summed E-state index contributed by atoms with van der Waals surface area (Å²) in [4.78, 5) is 13.5. The van der Waals surface area contributed by atoms with E-state index < -0.39 is 0 Å². The van der Waals surface area contributed by atoms with E-state index in [9.17, 15) is 4.79 Å². The number of nitrogens with zero attached hydrogens (tertiary/aromatic N) is 1. The number of methoxy groups -OCH3 is 1. The summed E-state index contributed by atoms with van der Waals surface area (Å²) in [5.41, 5.74) is 2.13. The third kappa shape index (κ3) is 2.81. The van der Waals surface area contributed by atoms with Gasteiger partial charge in [-0.25, -0.2) is 0 Å². The van der Waals surface area contributed by atoms with Crippen molar-refractivity contribution in [1.29, 1.82) is 0 Å². The molecule has 19 heavy (non-hydrogen) atoms. The van der Waals surface area contributed by atoms with E-state index in [1.54, 1.807) is 0 Å². The molecule has 104 valence electrons. The molecule has 2 rings (SSSR count). The van der Waals surface area contributed by atoms with Crippen LogP contribution in [0, 0.1) is 6.92 Å². The van der Waals surface area contributed by atoms with Crippen LogP contribution >= 0.6 is 0 Å². The van der Waals surface area contributed by atoms with E-state index in [-0.39, 0.29) is 18.8 Å². The molecule has 0 spiro atoms. The molecule has 1 aromatic rings. The van der Waals surface area contributed by atoms with Crippen molar-refractivity contribution in [3.8, 4) is 11.5 Å². The van der Waals surface area contributed by atoms with Crippen LogP contribution in [0.15, 0.2) is 12.1 Å². The third-order valence-corrected chi connectivity index (χ3v) is 3.33. The Balaban J connectivity index is 2.34. The molecule has 0 aromatic heterocycles.